The molecule has 1 N–H and O–H groups in total. The van der Waals surface area contributed by atoms with E-state index in [1.165, 1.54) is 0 Å². The smallest absolute Gasteiger partial charge is 0.263 e. The average molecular weight is 429 g/mol. The molecule has 3 aliphatic heterocycles. The van der Waals surface area contributed by atoms with E-state index in [0.717, 1.165) is 28.1 Å². The van der Waals surface area contributed by atoms with E-state index < -0.39 is 41.4 Å². The maximum absolute atomic E-state index is 13.6. The average Bonchev–Trinajstić information content (AvgIpc) is 3.42. The molecule has 31 heavy (non-hydrogen) atoms. The molecule has 0 saturated carbocycles. The molecule has 3 aliphatic rings. The molecule has 2 aromatic rings. The Balaban J connectivity index is 1.30. The van der Waals surface area contributed by atoms with Gasteiger partial charge in [0.15, 0.2) is 35.2 Å². The summed E-state index contributed by atoms with van der Waals surface area (Å²) < 4.78 is 37.2. The number of halogens is 2. The van der Waals surface area contributed by atoms with E-state index in [4.69, 9.17) is 9.47 Å². The number of carbonyl (C=O) groups is 3. The van der Waals surface area contributed by atoms with Crippen molar-refractivity contribution in [2.24, 2.45) is 10.3 Å². The molecule has 0 aromatic heterocycles. The first-order valence-corrected chi connectivity index (χ1v) is 9.12. The molecule has 158 valence electrons. The van der Waals surface area contributed by atoms with Gasteiger partial charge in [-0.3, -0.25) is 19.4 Å². The molecule has 2 aromatic carbocycles. The number of imide groups is 1. The highest BCUT2D eigenvalue weighted by Crippen LogP contribution is 2.35. The lowest BCUT2D eigenvalue weighted by Crippen LogP contribution is -2.43. The highest BCUT2D eigenvalue weighted by Gasteiger charge is 2.55. The number of anilines is 2. The summed E-state index contributed by atoms with van der Waals surface area (Å²) in [6.07, 6.45) is 0. The lowest BCUT2D eigenvalue weighted by atomic mass is 10.1. The van der Waals surface area contributed by atoms with Gasteiger partial charge in [0.25, 0.3) is 11.8 Å². The molecule has 1 fully saturated rings. The molecule has 0 spiro atoms. The maximum Gasteiger partial charge on any atom is 0.263 e. The summed E-state index contributed by atoms with van der Waals surface area (Å²) in [7, 11) is 0. The number of nitrogens with one attached hydrogen (secondary N) is 1. The molecule has 12 heteroatoms. The molecule has 0 bridgehead atoms. The van der Waals surface area contributed by atoms with Gasteiger partial charge in [0, 0.05) is 17.8 Å². The van der Waals surface area contributed by atoms with Gasteiger partial charge < -0.3 is 14.8 Å². The Bertz CT molecular complexity index is 1160. The molecular weight excluding hydrogens is 416 g/mol. The van der Waals surface area contributed by atoms with Crippen molar-refractivity contribution in [3.63, 3.8) is 0 Å². The van der Waals surface area contributed by atoms with Crippen molar-refractivity contribution in [1.29, 1.82) is 0 Å². The molecule has 5 rings (SSSR count). The van der Waals surface area contributed by atoms with Crippen LogP contribution in [0.15, 0.2) is 46.7 Å². The van der Waals surface area contributed by atoms with Crippen LogP contribution in [-0.4, -0.2) is 48.2 Å². The van der Waals surface area contributed by atoms with Gasteiger partial charge >= 0.3 is 0 Å². The highest BCUT2D eigenvalue weighted by molar-refractivity contribution is 6.25. The zero-order valence-corrected chi connectivity index (χ0v) is 15.6. The minimum Gasteiger partial charge on any atom is -0.454 e. The van der Waals surface area contributed by atoms with E-state index in [9.17, 15) is 23.2 Å². The first kappa shape index (κ1) is 18.9. The topological polar surface area (TPSA) is 113 Å². The largest absolute Gasteiger partial charge is 0.454 e. The highest BCUT2D eigenvalue weighted by atomic mass is 19.2. The molecular formula is C19H13F2N5O5. The van der Waals surface area contributed by atoms with E-state index in [-0.39, 0.29) is 19.0 Å². The van der Waals surface area contributed by atoms with Crippen LogP contribution in [0.25, 0.3) is 0 Å². The number of hydrogen-bond acceptors (Lipinski definition) is 8. The summed E-state index contributed by atoms with van der Waals surface area (Å²) in [5.41, 5.74) is 0.322. The predicted molar refractivity (Wildman–Crippen MR) is 99.2 cm³/mol. The quantitative estimate of drug-likeness (QED) is 0.740. The number of ether oxygens (including phenoxy) is 2. The third-order valence-electron chi connectivity index (χ3n) is 4.98. The van der Waals surface area contributed by atoms with Crippen molar-refractivity contribution < 1.29 is 32.6 Å². The summed E-state index contributed by atoms with van der Waals surface area (Å²) in [5.74, 6) is -3.24. The number of benzene rings is 2. The zero-order valence-electron chi connectivity index (χ0n) is 15.6. The first-order valence-electron chi connectivity index (χ1n) is 9.12. The van der Waals surface area contributed by atoms with Gasteiger partial charge in [-0.2, -0.15) is 5.11 Å². The summed E-state index contributed by atoms with van der Waals surface area (Å²) in [5, 5.41) is 11.3. The van der Waals surface area contributed by atoms with E-state index in [2.05, 4.69) is 15.7 Å². The second-order valence-electron chi connectivity index (χ2n) is 6.92. The maximum atomic E-state index is 13.6. The monoisotopic (exact) mass is 429 g/mol. The van der Waals surface area contributed by atoms with Crippen molar-refractivity contribution in [2.45, 2.75) is 12.1 Å². The van der Waals surface area contributed by atoms with Crippen LogP contribution in [0.2, 0.25) is 0 Å². The van der Waals surface area contributed by atoms with E-state index in [1.54, 1.807) is 18.2 Å². The van der Waals surface area contributed by atoms with Crippen LogP contribution in [0, 0.1) is 11.6 Å². The molecule has 3 amide bonds. The van der Waals surface area contributed by atoms with Gasteiger partial charge in [-0.25, -0.2) is 13.7 Å². The summed E-state index contributed by atoms with van der Waals surface area (Å²) in [4.78, 5) is 38.6. The van der Waals surface area contributed by atoms with E-state index in [0.29, 0.717) is 17.2 Å². The summed E-state index contributed by atoms with van der Waals surface area (Å²) >= 11 is 0. The van der Waals surface area contributed by atoms with Gasteiger partial charge in [-0.05, 0) is 24.3 Å². The predicted octanol–water partition coefficient (Wildman–Crippen LogP) is 1.63. The Morgan fingerprint density at radius 2 is 1.87 bits per heavy atom. The van der Waals surface area contributed by atoms with Crippen LogP contribution < -0.4 is 19.7 Å². The number of carbonyl (C=O) groups excluding carboxylic acids is 3. The molecule has 0 aliphatic carbocycles. The Labute approximate surface area is 173 Å². The molecule has 3 heterocycles. The Morgan fingerprint density at radius 3 is 2.68 bits per heavy atom. The van der Waals surface area contributed by atoms with Gasteiger partial charge in [0.05, 0.1) is 5.69 Å². The first-order chi connectivity index (χ1) is 14.9. The SMILES string of the molecule is O=C(CN1N=N[C@@H]2C(=O)N(c3ccc(F)c(F)c3)C(=O)[C@@H]21)Nc1ccc2c(c1)OCO2. The zero-order chi connectivity index (χ0) is 21.7. The fourth-order valence-electron chi connectivity index (χ4n) is 3.55. The van der Waals surface area contributed by atoms with Crippen LogP contribution in [0.3, 0.4) is 0 Å². The van der Waals surface area contributed by atoms with Gasteiger partial charge in [-0.1, -0.05) is 5.22 Å². The molecule has 1 saturated heterocycles. The van der Waals surface area contributed by atoms with Crippen LogP contribution in [0.4, 0.5) is 20.2 Å². The Kier molecular flexibility index (Phi) is 4.27. The van der Waals surface area contributed by atoms with Crippen LogP contribution in [-0.2, 0) is 14.4 Å². The standard InChI is InChI=1S/C19H13F2N5O5/c20-11-3-2-10(6-12(11)21)26-18(28)16-17(19(26)29)25(24-23-16)7-15(27)22-9-1-4-13-14(5-9)31-8-30-13/h1-6,16-17H,7-8H2,(H,22,27)/t16-,17+/m0/s1. The number of rotatable bonds is 4. The number of fused-ring (bicyclic) bond motifs is 2. The third-order valence-corrected chi connectivity index (χ3v) is 4.98. The molecule has 0 unspecified atom stereocenters. The van der Waals surface area contributed by atoms with Crippen molar-refractivity contribution >= 4 is 29.1 Å². The molecule has 0 radical (unpaired) electrons. The Morgan fingerprint density at radius 1 is 1.06 bits per heavy atom. The van der Waals surface area contributed by atoms with Gasteiger partial charge in [0.2, 0.25) is 12.7 Å². The fourth-order valence-corrected chi connectivity index (χ4v) is 3.55. The number of hydrogen-bond donors (Lipinski definition) is 1. The normalized spacial score (nSPS) is 21.1. The third kappa shape index (κ3) is 3.12. The fraction of sp³-hybridized carbons (Fsp3) is 0.211. The minimum absolute atomic E-state index is 0.0918. The van der Waals surface area contributed by atoms with Crippen molar-refractivity contribution in [3.05, 3.63) is 48.0 Å². The second kappa shape index (κ2) is 7.00. The van der Waals surface area contributed by atoms with Crippen LogP contribution >= 0.6 is 0 Å². The molecule has 2 atom stereocenters. The van der Waals surface area contributed by atoms with E-state index >= 15 is 0 Å². The number of nitrogens with zero attached hydrogens (tertiary/aromatic N) is 4. The van der Waals surface area contributed by atoms with Crippen LogP contribution in [0.1, 0.15) is 0 Å². The van der Waals surface area contributed by atoms with Crippen molar-refractivity contribution in [3.8, 4) is 11.5 Å². The van der Waals surface area contributed by atoms with Gasteiger partial charge in [0.1, 0.15) is 6.54 Å². The second-order valence-corrected chi connectivity index (χ2v) is 6.92. The van der Waals surface area contributed by atoms with Gasteiger partial charge in [-0.15, -0.1) is 0 Å². The summed E-state index contributed by atoms with van der Waals surface area (Å²) in [6, 6.07) is 5.21. The van der Waals surface area contributed by atoms with Crippen molar-refractivity contribution in [1.82, 2.24) is 5.01 Å². The van der Waals surface area contributed by atoms with E-state index in [1.807, 2.05) is 0 Å². The van der Waals surface area contributed by atoms with Crippen molar-refractivity contribution in [2.75, 3.05) is 23.6 Å². The summed E-state index contributed by atoms with van der Waals surface area (Å²) in [6.45, 7) is -0.266. The van der Waals surface area contributed by atoms with Crippen LogP contribution in [0.5, 0.6) is 11.5 Å². The molecule has 10 nitrogen and oxygen atoms in total. The lowest BCUT2D eigenvalue weighted by Gasteiger charge is -2.20. The lowest BCUT2D eigenvalue weighted by molar-refractivity contribution is -0.123. The minimum atomic E-state index is -1.20. The number of amides is 3. The Hall–Kier alpha value is -4.09.